The molecule has 1 amide bonds. The molecule has 0 unspecified atom stereocenters. The van der Waals surface area contributed by atoms with E-state index in [0.717, 1.165) is 32.5 Å². The summed E-state index contributed by atoms with van der Waals surface area (Å²) in [6.07, 6.45) is -3.38. The van der Waals surface area contributed by atoms with Gasteiger partial charge in [-0.25, -0.2) is 9.97 Å². The molecule has 0 fully saturated rings. The molecule has 0 aromatic carbocycles. The van der Waals surface area contributed by atoms with Crippen LogP contribution in [0.15, 0.2) is 17.2 Å². The number of pyridine rings is 1. The van der Waals surface area contributed by atoms with E-state index < -0.39 is 43.3 Å². The van der Waals surface area contributed by atoms with Gasteiger partial charge >= 0.3 is 12.1 Å². The SMILES string of the molecule is Cc1cc(C)c2c(n1)sc1c(=O)n(CC(=O)OCC(=O)NCC(F)(F)F)cnc12. The summed E-state index contributed by atoms with van der Waals surface area (Å²) in [5.41, 5.74) is 1.73. The summed E-state index contributed by atoms with van der Waals surface area (Å²) < 4.78 is 42.0. The number of ether oxygens (including phenoxy) is 1. The molecule has 0 bridgehead atoms. The van der Waals surface area contributed by atoms with Gasteiger partial charge in [0, 0.05) is 11.1 Å². The van der Waals surface area contributed by atoms with Gasteiger partial charge in [-0.3, -0.25) is 19.0 Å². The summed E-state index contributed by atoms with van der Waals surface area (Å²) in [4.78, 5) is 45.1. The lowest BCUT2D eigenvalue weighted by Crippen LogP contribution is -2.37. The van der Waals surface area contributed by atoms with Crippen LogP contribution in [-0.2, 0) is 20.9 Å². The first-order valence-electron chi connectivity index (χ1n) is 8.30. The van der Waals surface area contributed by atoms with Gasteiger partial charge in [-0.2, -0.15) is 13.2 Å². The highest BCUT2D eigenvalue weighted by Gasteiger charge is 2.27. The first kappa shape index (κ1) is 20.7. The number of amides is 1. The van der Waals surface area contributed by atoms with Crippen LogP contribution in [0.5, 0.6) is 0 Å². The van der Waals surface area contributed by atoms with Crippen molar-refractivity contribution < 1.29 is 27.5 Å². The van der Waals surface area contributed by atoms with Gasteiger partial charge in [0.25, 0.3) is 11.5 Å². The van der Waals surface area contributed by atoms with E-state index in [0.29, 0.717) is 15.0 Å². The zero-order chi connectivity index (χ0) is 21.3. The van der Waals surface area contributed by atoms with Crippen LogP contribution in [0.25, 0.3) is 20.4 Å². The first-order valence-corrected chi connectivity index (χ1v) is 9.12. The maximum Gasteiger partial charge on any atom is 0.405 e. The molecule has 1 N–H and O–H groups in total. The molecule has 0 saturated carbocycles. The zero-order valence-corrected chi connectivity index (χ0v) is 16.1. The number of fused-ring (bicyclic) bond motifs is 3. The molecular weight excluding hydrogens is 413 g/mol. The van der Waals surface area contributed by atoms with Crippen LogP contribution in [-0.4, -0.2) is 45.7 Å². The molecule has 0 spiro atoms. The molecule has 3 aromatic rings. The third-order valence-corrected chi connectivity index (χ3v) is 4.95. The predicted octanol–water partition coefficient (Wildman–Crippen LogP) is 1.84. The number of nitrogens with one attached hydrogen (secondary N) is 1. The Bertz CT molecular complexity index is 1170. The van der Waals surface area contributed by atoms with Gasteiger partial charge in [-0.1, -0.05) is 0 Å². The van der Waals surface area contributed by atoms with Crippen molar-refractivity contribution in [3.63, 3.8) is 0 Å². The molecule has 0 saturated heterocycles. The number of hydrogen-bond donors (Lipinski definition) is 1. The largest absolute Gasteiger partial charge is 0.454 e. The Labute approximate surface area is 165 Å². The van der Waals surface area contributed by atoms with Crippen LogP contribution in [0, 0.1) is 13.8 Å². The molecule has 0 aliphatic rings. The van der Waals surface area contributed by atoms with Crippen LogP contribution in [0.4, 0.5) is 13.2 Å². The summed E-state index contributed by atoms with van der Waals surface area (Å²) in [6, 6.07) is 1.88. The highest BCUT2D eigenvalue weighted by molar-refractivity contribution is 7.25. The molecule has 8 nitrogen and oxygen atoms in total. The van der Waals surface area contributed by atoms with Crippen molar-refractivity contribution >= 4 is 43.6 Å². The summed E-state index contributed by atoms with van der Waals surface area (Å²) in [5, 5.41) is 2.34. The van der Waals surface area contributed by atoms with Crippen molar-refractivity contribution in [2.75, 3.05) is 13.2 Å². The fourth-order valence-corrected chi connectivity index (χ4v) is 3.89. The molecule has 3 aromatic heterocycles. The van der Waals surface area contributed by atoms with Gasteiger partial charge < -0.3 is 10.1 Å². The predicted molar refractivity (Wildman–Crippen MR) is 98.7 cm³/mol. The molecular formula is C17H15F3N4O4S. The monoisotopic (exact) mass is 428 g/mol. The average molecular weight is 428 g/mol. The second-order valence-corrected chi connectivity index (χ2v) is 7.27. The Morgan fingerprint density at radius 3 is 2.72 bits per heavy atom. The number of aryl methyl sites for hydroxylation is 2. The standard InChI is InChI=1S/C17H15F3N4O4S/c1-8-3-9(2)23-15-12(8)13-14(29-15)16(27)24(7-22-13)4-11(26)28-5-10(25)21-6-17(18,19)20/h3,7H,4-6H2,1-2H3,(H,21,25). The molecule has 3 rings (SSSR count). The quantitative estimate of drug-likeness (QED) is 0.622. The van der Waals surface area contributed by atoms with E-state index in [9.17, 15) is 27.6 Å². The van der Waals surface area contributed by atoms with Crippen molar-refractivity contribution in [3.05, 3.63) is 34.0 Å². The Hall–Kier alpha value is -3.02. The Morgan fingerprint density at radius 1 is 1.31 bits per heavy atom. The van der Waals surface area contributed by atoms with Crippen molar-refractivity contribution in [1.29, 1.82) is 0 Å². The fourth-order valence-electron chi connectivity index (χ4n) is 2.69. The van der Waals surface area contributed by atoms with Gasteiger partial charge in [0.05, 0.1) is 11.8 Å². The zero-order valence-electron chi connectivity index (χ0n) is 15.3. The minimum atomic E-state index is -4.57. The number of hydrogen-bond acceptors (Lipinski definition) is 7. The lowest BCUT2D eigenvalue weighted by molar-refractivity contribution is -0.151. The van der Waals surface area contributed by atoms with E-state index in [1.807, 2.05) is 19.9 Å². The van der Waals surface area contributed by atoms with Crippen LogP contribution in [0.2, 0.25) is 0 Å². The molecule has 0 aliphatic carbocycles. The van der Waals surface area contributed by atoms with E-state index in [1.54, 1.807) is 5.32 Å². The lowest BCUT2D eigenvalue weighted by Gasteiger charge is -2.09. The number of carbonyl (C=O) groups excluding carboxylic acids is 2. The van der Waals surface area contributed by atoms with Crippen molar-refractivity contribution in [2.45, 2.75) is 26.6 Å². The van der Waals surface area contributed by atoms with Crippen molar-refractivity contribution in [3.8, 4) is 0 Å². The molecule has 154 valence electrons. The third kappa shape index (κ3) is 4.70. The van der Waals surface area contributed by atoms with Crippen LogP contribution in [0.1, 0.15) is 11.3 Å². The summed E-state index contributed by atoms with van der Waals surface area (Å²) >= 11 is 1.16. The number of thiophene rings is 1. The molecule has 0 atom stereocenters. The fraction of sp³-hybridized carbons (Fsp3) is 0.353. The number of nitrogens with zero attached hydrogens (tertiary/aromatic N) is 3. The Balaban J connectivity index is 1.74. The van der Waals surface area contributed by atoms with E-state index in [1.165, 1.54) is 6.33 Å². The third-order valence-electron chi connectivity index (χ3n) is 3.89. The van der Waals surface area contributed by atoms with Gasteiger partial charge in [-0.15, -0.1) is 11.3 Å². The van der Waals surface area contributed by atoms with Crippen molar-refractivity contribution in [2.24, 2.45) is 0 Å². The van der Waals surface area contributed by atoms with Crippen molar-refractivity contribution in [1.82, 2.24) is 19.9 Å². The average Bonchev–Trinajstić information content (AvgIpc) is 2.99. The highest BCUT2D eigenvalue weighted by Crippen LogP contribution is 2.31. The molecule has 0 radical (unpaired) electrons. The second-order valence-electron chi connectivity index (χ2n) is 6.27. The summed E-state index contributed by atoms with van der Waals surface area (Å²) in [5.74, 6) is -2.06. The molecule has 0 aliphatic heterocycles. The van der Waals surface area contributed by atoms with Gasteiger partial charge in [-0.05, 0) is 25.5 Å². The van der Waals surface area contributed by atoms with Gasteiger partial charge in [0.1, 0.15) is 22.6 Å². The maximum absolute atomic E-state index is 12.7. The minimum Gasteiger partial charge on any atom is -0.454 e. The van der Waals surface area contributed by atoms with E-state index in [-0.39, 0.29) is 0 Å². The highest BCUT2D eigenvalue weighted by atomic mass is 32.1. The number of rotatable bonds is 5. The summed E-state index contributed by atoms with van der Waals surface area (Å²) in [6.45, 7) is 0.780. The minimum absolute atomic E-state index is 0.319. The lowest BCUT2D eigenvalue weighted by atomic mass is 10.1. The van der Waals surface area contributed by atoms with Gasteiger partial charge in [0.2, 0.25) is 0 Å². The van der Waals surface area contributed by atoms with E-state index >= 15 is 0 Å². The van der Waals surface area contributed by atoms with E-state index in [4.69, 9.17) is 0 Å². The van der Waals surface area contributed by atoms with Gasteiger partial charge in [0.15, 0.2) is 6.61 Å². The smallest absolute Gasteiger partial charge is 0.405 e. The number of alkyl halides is 3. The first-order chi connectivity index (χ1) is 13.5. The molecule has 29 heavy (non-hydrogen) atoms. The van der Waals surface area contributed by atoms with Crippen LogP contribution >= 0.6 is 11.3 Å². The number of halogens is 3. The van der Waals surface area contributed by atoms with E-state index in [2.05, 4.69) is 14.7 Å². The second kappa shape index (κ2) is 7.78. The Kier molecular flexibility index (Phi) is 5.55. The van der Waals surface area contributed by atoms with Crippen LogP contribution in [0.3, 0.4) is 0 Å². The number of carbonyl (C=O) groups is 2. The molecule has 3 heterocycles. The molecule has 12 heteroatoms. The normalized spacial score (nSPS) is 11.8. The summed E-state index contributed by atoms with van der Waals surface area (Å²) in [7, 11) is 0. The number of aromatic nitrogens is 3. The Morgan fingerprint density at radius 2 is 2.03 bits per heavy atom. The number of esters is 1. The topological polar surface area (TPSA) is 103 Å². The maximum atomic E-state index is 12.7. The van der Waals surface area contributed by atoms with Crippen LogP contribution < -0.4 is 10.9 Å².